The third-order valence-corrected chi connectivity index (χ3v) is 3.94. The number of carbonyl (C=O) groups is 2. The van der Waals surface area contributed by atoms with Gasteiger partial charge in [0.2, 0.25) is 5.91 Å². The van der Waals surface area contributed by atoms with E-state index < -0.39 is 0 Å². The summed E-state index contributed by atoms with van der Waals surface area (Å²) in [6, 6.07) is 9.62. The second kappa shape index (κ2) is 5.15. The van der Waals surface area contributed by atoms with E-state index in [0.29, 0.717) is 19.5 Å². The molecule has 1 unspecified atom stereocenters. The van der Waals surface area contributed by atoms with Gasteiger partial charge in [-0.15, -0.1) is 0 Å². The van der Waals surface area contributed by atoms with Gasteiger partial charge in [-0.25, -0.2) is 4.79 Å². The Hall–Kier alpha value is -2.04. The van der Waals surface area contributed by atoms with E-state index in [9.17, 15) is 9.59 Å². The Balaban J connectivity index is 1.53. The predicted molar refractivity (Wildman–Crippen MR) is 72.9 cm³/mol. The molecule has 2 heterocycles. The number of piperidine rings is 1. The van der Waals surface area contributed by atoms with E-state index in [1.54, 1.807) is 4.90 Å². The first-order valence-electron chi connectivity index (χ1n) is 6.94. The number of carbonyl (C=O) groups excluding carboxylic acids is 2. The van der Waals surface area contributed by atoms with Gasteiger partial charge in [0.05, 0.1) is 12.0 Å². The van der Waals surface area contributed by atoms with Crippen LogP contribution in [-0.2, 0) is 16.1 Å². The Bertz CT molecular complexity index is 507. The van der Waals surface area contributed by atoms with Gasteiger partial charge in [-0.05, 0) is 18.4 Å². The van der Waals surface area contributed by atoms with Crippen LogP contribution in [0.4, 0.5) is 4.79 Å². The van der Waals surface area contributed by atoms with Crippen LogP contribution in [0, 0.1) is 0 Å². The van der Waals surface area contributed by atoms with Crippen LogP contribution in [0.25, 0.3) is 0 Å². The molecule has 20 heavy (non-hydrogen) atoms. The summed E-state index contributed by atoms with van der Waals surface area (Å²) < 4.78 is 5.33. The van der Waals surface area contributed by atoms with Crippen LogP contribution >= 0.6 is 0 Å². The minimum atomic E-state index is -0.297. The average Bonchev–Trinajstić information content (AvgIpc) is 2.45. The fourth-order valence-corrected chi connectivity index (χ4v) is 2.93. The van der Waals surface area contributed by atoms with Gasteiger partial charge in [0.25, 0.3) is 0 Å². The Labute approximate surface area is 117 Å². The summed E-state index contributed by atoms with van der Waals surface area (Å²) >= 11 is 0. The van der Waals surface area contributed by atoms with Crippen LogP contribution in [0.15, 0.2) is 30.3 Å². The summed E-state index contributed by atoms with van der Waals surface area (Å²) in [4.78, 5) is 24.9. The first-order valence-corrected chi connectivity index (χ1v) is 6.94. The van der Waals surface area contributed by atoms with E-state index in [4.69, 9.17) is 4.74 Å². The Kier molecular flexibility index (Phi) is 3.34. The van der Waals surface area contributed by atoms with E-state index in [-0.39, 0.29) is 24.1 Å². The van der Waals surface area contributed by atoms with Crippen molar-refractivity contribution in [1.29, 1.82) is 0 Å². The minimum absolute atomic E-state index is 0.0736. The summed E-state index contributed by atoms with van der Waals surface area (Å²) in [7, 11) is 0. The average molecular weight is 274 g/mol. The molecule has 1 N–H and O–H groups in total. The molecule has 0 radical (unpaired) electrons. The fraction of sp³-hybridized carbons (Fsp3) is 0.467. The SMILES string of the molecule is O=C1CC2(CCCN(C(=O)OCc3ccccc3)C2)N1. The van der Waals surface area contributed by atoms with Gasteiger partial charge in [0.15, 0.2) is 0 Å². The molecule has 2 amide bonds. The van der Waals surface area contributed by atoms with Crippen molar-refractivity contribution in [2.45, 2.75) is 31.4 Å². The van der Waals surface area contributed by atoms with Gasteiger partial charge in [-0.1, -0.05) is 30.3 Å². The number of nitrogens with zero attached hydrogens (tertiary/aromatic N) is 1. The largest absolute Gasteiger partial charge is 0.445 e. The maximum absolute atomic E-state index is 12.1. The highest BCUT2D eigenvalue weighted by atomic mass is 16.6. The van der Waals surface area contributed by atoms with Crippen molar-refractivity contribution < 1.29 is 14.3 Å². The van der Waals surface area contributed by atoms with Gasteiger partial charge in [0, 0.05) is 13.1 Å². The Morgan fingerprint density at radius 2 is 2.10 bits per heavy atom. The number of rotatable bonds is 2. The first-order chi connectivity index (χ1) is 9.67. The van der Waals surface area contributed by atoms with Gasteiger partial charge in [-0.2, -0.15) is 0 Å². The zero-order valence-corrected chi connectivity index (χ0v) is 11.3. The Morgan fingerprint density at radius 1 is 1.35 bits per heavy atom. The number of hydrogen-bond donors (Lipinski definition) is 1. The molecule has 2 fully saturated rings. The fourth-order valence-electron chi connectivity index (χ4n) is 2.93. The molecule has 5 nitrogen and oxygen atoms in total. The number of nitrogens with one attached hydrogen (secondary N) is 1. The van der Waals surface area contributed by atoms with Crippen LogP contribution in [0.3, 0.4) is 0 Å². The van der Waals surface area contributed by atoms with Crippen molar-refractivity contribution >= 4 is 12.0 Å². The highest BCUT2D eigenvalue weighted by Gasteiger charge is 2.46. The quantitative estimate of drug-likeness (QED) is 0.835. The van der Waals surface area contributed by atoms with Crippen molar-refractivity contribution in [2.75, 3.05) is 13.1 Å². The molecule has 1 aromatic carbocycles. The van der Waals surface area contributed by atoms with Crippen molar-refractivity contribution in [2.24, 2.45) is 0 Å². The summed E-state index contributed by atoms with van der Waals surface area (Å²) in [6.07, 6.45) is 2.08. The highest BCUT2D eigenvalue weighted by molar-refractivity contribution is 5.85. The molecule has 2 aliphatic rings. The molecule has 0 aliphatic carbocycles. The zero-order valence-electron chi connectivity index (χ0n) is 11.3. The molecule has 1 atom stereocenters. The standard InChI is InChI=1S/C15H18N2O3/c18-13-9-15(16-13)7-4-8-17(11-15)14(19)20-10-12-5-2-1-3-6-12/h1-3,5-6H,4,7-11H2,(H,16,18). The lowest BCUT2D eigenvalue weighted by Crippen LogP contribution is -2.68. The number of amides is 2. The first kappa shape index (κ1) is 13.0. The van der Waals surface area contributed by atoms with E-state index >= 15 is 0 Å². The van der Waals surface area contributed by atoms with E-state index in [2.05, 4.69) is 5.32 Å². The van der Waals surface area contributed by atoms with Gasteiger partial charge < -0.3 is 15.0 Å². The molecule has 0 saturated carbocycles. The normalized spacial score (nSPS) is 25.0. The maximum Gasteiger partial charge on any atom is 0.410 e. The second-order valence-electron chi connectivity index (χ2n) is 5.57. The smallest absolute Gasteiger partial charge is 0.410 e. The molecule has 2 saturated heterocycles. The van der Waals surface area contributed by atoms with Crippen molar-refractivity contribution in [3.05, 3.63) is 35.9 Å². The Morgan fingerprint density at radius 3 is 2.80 bits per heavy atom. The highest BCUT2D eigenvalue weighted by Crippen LogP contribution is 2.30. The number of benzene rings is 1. The molecule has 0 aromatic heterocycles. The molecule has 3 rings (SSSR count). The molecule has 5 heteroatoms. The van der Waals surface area contributed by atoms with E-state index in [0.717, 1.165) is 18.4 Å². The third-order valence-electron chi connectivity index (χ3n) is 3.94. The summed E-state index contributed by atoms with van der Waals surface area (Å²) in [6.45, 7) is 1.55. The van der Waals surface area contributed by atoms with Crippen LogP contribution in [0.1, 0.15) is 24.8 Å². The molecular weight excluding hydrogens is 256 g/mol. The predicted octanol–water partition coefficient (Wildman–Crippen LogP) is 1.68. The summed E-state index contributed by atoms with van der Waals surface area (Å²) in [5.41, 5.74) is 0.783. The summed E-state index contributed by atoms with van der Waals surface area (Å²) in [5.74, 6) is 0.0736. The minimum Gasteiger partial charge on any atom is -0.445 e. The number of β-lactam (4-membered cyclic amide) rings is 1. The number of hydrogen-bond acceptors (Lipinski definition) is 3. The van der Waals surface area contributed by atoms with Crippen LogP contribution < -0.4 is 5.32 Å². The molecular formula is C15H18N2O3. The van der Waals surface area contributed by atoms with E-state index in [1.165, 1.54) is 0 Å². The molecule has 0 bridgehead atoms. The lowest BCUT2D eigenvalue weighted by atomic mass is 9.80. The molecule has 2 aliphatic heterocycles. The number of ether oxygens (including phenoxy) is 1. The van der Waals surface area contributed by atoms with Gasteiger partial charge in [0.1, 0.15) is 6.61 Å². The van der Waals surface area contributed by atoms with Crippen molar-refractivity contribution in [3.63, 3.8) is 0 Å². The third kappa shape index (κ3) is 2.61. The molecule has 1 spiro atoms. The maximum atomic E-state index is 12.1. The van der Waals surface area contributed by atoms with E-state index in [1.807, 2.05) is 30.3 Å². The lowest BCUT2D eigenvalue weighted by Gasteiger charge is -2.48. The second-order valence-corrected chi connectivity index (χ2v) is 5.57. The van der Waals surface area contributed by atoms with Crippen LogP contribution in [0.5, 0.6) is 0 Å². The zero-order chi connectivity index (χ0) is 14.0. The lowest BCUT2D eigenvalue weighted by molar-refractivity contribution is -0.135. The number of likely N-dealkylation sites (tertiary alicyclic amines) is 1. The summed E-state index contributed by atoms with van der Waals surface area (Å²) in [5, 5.41) is 2.93. The monoisotopic (exact) mass is 274 g/mol. The van der Waals surface area contributed by atoms with Crippen LogP contribution in [-0.4, -0.2) is 35.5 Å². The van der Waals surface area contributed by atoms with Crippen molar-refractivity contribution in [3.8, 4) is 0 Å². The van der Waals surface area contributed by atoms with Crippen molar-refractivity contribution in [1.82, 2.24) is 10.2 Å². The molecule has 1 aromatic rings. The molecule has 106 valence electrons. The topological polar surface area (TPSA) is 58.6 Å². The van der Waals surface area contributed by atoms with Crippen LogP contribution in [0.2, 0.25) is 0 Å². The van der Waals surface area contributed by atoms with Gasteiger partial charge >= 0.3 is 6.09 Å². The van der Waals surface area contributed by atoms with Gasteiger partial charge in [-0.3, -0.25) is 4.79 Å².